The fraction of sp³-hybridized carbons (Fsp3) is 0.267. The van der Waals surface area contributed by atoms with E-state index < -0.39 is 0 Å². The minimum absolute atomic E-state index is 0.0335. The minimum Gasteiger partial charge on any atom is -0.289 e. The van der Waals surface area contributed by atoms with Crippen LogP contribution in [0.5, 0.6) is 0 Å². The molecule has 1 unspecified atom stereocenters. The zero-order chi connectivity index (χ0) is 34.9. The molecule has 0 aromatic heterocycles. The number of likely N-dealkylation sites (N-methyl/N-ethyl adjacent to an activating group) is 1. The lowest BCUT2D eigenvalue weighted by Gasteiger charge is -2.19. The highest BCUT2D eigenvalue weighted by Gasteiger charge is 2.45. The van der Waals surface area contributed by atoms with E-state index >= 15 is 0 Å². The predicted octanol–water partition coefficient (Wildman–Crippen LogP) is 7.89. The van der Waals surface area contributed by atoms with Gasteiger partial charge in [0.15, 0.2) is 17.2 Å². The van der Waals surface area contributed by atoms with Gasteiger partial charge in [-0.05, 0) is 89.6 Å². The number of nitrogens with zero attached hydrogens (tertiary/aromatic N) is 2. The number of ketones is 1. The average Bonchev–Trinajstić information content (AvgIpc) is 3.50. The summed E-state index contributed by atoms with van der Waals surface area (Å²) in [5, 5.41) is 0. The van der Waals surface area contributed by atoms with Crippen molar-refractivity contribution in [3.63, 3.8) is 0 Å². The fourth-order valence-corrected chi connectivity index (χ4v) is 8.61. The summed E-state index contributed by atoms with van der Waals surface area (Å²) in [5.41, 5.74) is 13.2. The maximum Gasteiger partial charge on any atom is 0.209 e. The Kier molecular flexibility index (Phi) is 7.72. The molecule has 1 aliphatic carbocycles. The summed E-state index contributed by atoms with van der Waals surface area (Å²) in [6.07, 6.45) is 16.8. The molecule has 0 saturated heterocycles. The van der Waals surface area contributed by atoms with E-state index in [1.165, 1.54) is 55.8 Å². The van der Waals surface area contributed by atoms with Gasteiger partial charge in [0.2, 0.25) is 11.4 Å². The van der Waals surface area contributed by atoms with Crippen LogP contribution in [0.25, 0.3) is 0 Å². The van der Waals surface area contributed by atoms with Crippen LogP contribution in [0.2, 0.25) is 0 Å². The quantitative estimate of drug-likeness (QED) is 0.222. The number of hydrogen-bond acceptors (Lipinski definition) is 1. The maximum atomic E-state index is 14.2. The van der Waals surface area contributed by atoms with Crippen molar-refractivity contribution < 1.29 is 18.8 Å². The number of Topliss-reactive ketones (excluding diaryl/α,β-unsaturated/α-hetero) is 1. The van der Waals surface area contributed by atoms with E-state index in [4.69, 9.17) is 0 Å². The van der Waals surface area contributed by atoms with Crippen molar-refractivity contribution in [3.05, 3.63) is 161 Å². The number of hydrogen-bond donors (Lipinski definition) is 1. The number of allylic oxidation sites excluding steroid dienone is 12. The third-order valence-corrected chi connectivity index (χ3v) is 11.4. The van der Waals surface area contributed by atoms with Crippen LogP contribution in [0.3, 0.4) is 0 Å². The van der Waals surface area contributed by atoms with Gasteiger partial charge in [-0.15, -0.1) is 0 Å². The van der Waals surface area contributed by atoms with Gasteiger partial charge < -0.3 is 0 Å². The molecular weight excluding hydrogens is 599 g/mol. The molecule has 0 bridgehead atoms. The minimum atomic E-state index is -0.178. The Bertz CT molecular complexity index is 2190. The van der Waals surface area contributed by atoms with Crippen molar-refractivity contribution in [3.8, 4) is 0 Å². The van der Waals surface area contributed by atoms with Gasteiger partial charge >= 0.3 is 0 Å². The molecule has 0 radical (unpaired) electrons. The normalized spacial score (nSPS) is 23.5. The average molecular weight is 647 g/mol. The van der Waals surface area contributed by atoms with E-state index in [2.05, 4.69) is 169 Å². The van der Waals surface area contributed by atoms with Crippen molar-refractivity contribution in [2.75, 3.05) is 21.1 Å². The van der Waals surface area contributed by atoms with Crippen LogP contribution in [0, 0.1) is 0 Å². The smallest absolute Gasteiger partial charge is 0.209 e. The maximum absolute atomic E-state index is 14.2. The number of para-hydroxylation sites is 3. The summed E-state index contributed by atoms with van der Waals surface area (Å²) >= 11 is 0. The lowest BCUT2D eigenvalue weighted by molar-refractivity contribution is -0.764. The Labute approximate surface area is 291 Å². The number of rotatable bonds is 5. The molecule has 4 heteroatoms. The first-order valence-electron chi connectivity index (χ1n) is 17.4. The van der Waals surface area contributed by atoms with E-state index in [1.807, 2.05) is 24.3 Å². The van der Waals surface area contributed by atoms with Gasteiger partial charge in [0.05, 0.1) is 23.3 Å². The summed E-state index contributed by atoms with van der Waals surface area (Å²) in [6.45, 7) is 13.6. The van der Waals surface area contributed by atoms with Crippen LogP contribution in [-0.2, 0) is 21.0 Å². The van der Waals surface area contributed by atoms with Gasteiger partial charge in [-0.2, -0.15) is 9.15 Å². The Balaban J connectivity index is 1.29. The first-order valence-corrected chi connectivity index (χ1v) is 17.4. The number of carbonyl (C=O) groups excluding carboxylic acids is 1. The molecular formula is C45H48N3O+3. The largest absolute Gasteiger partial charge is 0.289 e. The zero-order valence-corrected chi connectivity index (χ0v) is 30.3. The Morgan fingerprint density at radius 3 is 1.65 bits per heavy atom. The second-order valence-corrected chi connectivity index (χ2v) is 15.4. The molecule has 0 saturated carbocycles. The molecule has 49 heavy (non-hydrogen) atoms. The summed E-state index contributed by atoms with van der Waals surface area (Å²) < 4.78 is 4.54. The topological polar surface area (TPSA) is 27.5 Å². The molecule has 4 nitrogen and oxygen atoms in total. The molecule has 3 aliphatic heterocycles. The van der Waals surface area contributed by atoms with Crippen LogP contribution < -0.4 is 4.90 Å². The number of benzene rings is 3. The van der Waals surface area contributed by atoms with Crippen molar-refractivity contribution >= 4 is 34.3 Å². The Morgan fingerprint density at radius 1 is 0.592 bits per heavy atom. The standard InChI is InChI=1S/C45H47N3O/c1-43(2)33-16-10-13-19-36(33)46(7)39(43)25-22-30-28-31(23-26-40-44(3,4)34-17-11-14-20-37(34)47(40)8)42(49)32(29-30)24-27-41-45(5,6)35-18-12-15-21-38(35)48(41)9/h10-29H,1-9H3/q+2/p+1. The molecule has 246 valence electrons. The van der Waals surface area contributed by atoms with Gasteiger partial charge in [0.1, 0.15) is 25.5 Å². The highest BCUT2D eigenvalue weighted by molar-refractivity contribution is 6.15. The van der Waals surface area contributed by atoms with E-state index in [0.29, 0.717) is 11.1 Å². The molecule has 0 fully saturated rings. The summed E-state index contributed by atoms with van der Waals surface area (Å²) in [6, 6.07) is 25.8. The van der Waals surface area contributed by atoms with Crippen LogP contribution >= 0.6 is 0 Å². The van der Waals surface area contributed by atoms with Crippen molar-refractivity contribution in [2.24, 2.45) is 0 Å². The summed E-state index contributed by atoms with van der Waals surface area (Å²) in [4.78, 5) is 15.5. The van der Waals surface area contributed by atoms with Gasteiger partial charge in [-0.1, -0.05) is 54.6 Å². The molecule has 0 spiro atoms. The predicted molar refractivity (Wildman–Crippen MR) is 202 cm³/mol. The lowest BCUT2D eigenvalue weighted by atomic mass is 9.80. The highest BCUT2D eigenvalue weighted by Crippen LogP contribution is 2.41. The number of fused-ring (bicyclic) bond motifs is 3. The summed E-state index contributed by atoms with van der Waals surface area (Å²) in [5.74, 6) is 0.0335. The van der Waals surface area contributed by atoms with Gasteiger partial charge in [0.25, 0.3) is 0 Å². The van der Waals surface area contributed by atoms with E-state index in [9.17, 15) is 4.79 Å². The summed E-state index contributed by atoms with van der Waals surface area (Å²) in [7, 11) is 6.46. The van der Waals surface area contributed by atoms with Gasteiger partial charge in [0, 0.05) is 52.1 Å². The monoisotopic (exact) mass is 646 g/mol. The highest BCUT2D eigenvalue weighted by atomic mass is 16.1. The lowest BCUT2D eigenvalue weighted by Crippen LogP contribution is -3.01. The molecule has 0 amide bonds. The second-order valence-electron chi connectivity index (χ2n) is 15.4. The van der Waals surface area contributed by atoms with Gasteiger partial charge in [-0.25, -0.2) is 0 Å². The van der Waals surface area contributed by atoms with Crippen LogP contribution in [0.15, 0.2) is 144 Å². The van der Waals surface area contributed by atoms with Crippen LogP contribution in [0.4, 0.5) is 17.1 Å². The molecule has 1 atom stereocenters. The van der Waals surface area contributed by atoms with E-state index in [0.717, 1.165) is 5.57 Å². The van der Waals surface area contributed by atoms with E-state index in [1.54, 1.807) is 0 Å². The third kappa shape index (κ3) is 5.12. The first-order chi connectivity index (χ1) is 23.2. The second kappa shape index (κ2) is 11.6. The Morgan fingerprint density at radius 2 is 1.10 bits per heavy atom. The van der Waals surface area contributed by atoms with Crippen LogP contribution in [-0.4, -0.2) is 47.5 Å². The molecule has 4 aliphatic rings. The molecule has 7 rings (SSSR count). The van der Waals surface area contributed by atoms with Crippen LogP contribution in [0.1, 0.15) is 58.2 Å². The Hall–Kier alpha value is -4.93. The number of nitrogens with one attached hydrogen (secondary N) is 1. The number of quaternary nitrogens is 1. The molecule has 3 aromatic carbocycles. The number of carbonyl (C=O) groups is 1. The first kappa shape index (κ1) is 32.6. The molecule has 3 heterocycles. The van der Waals surface area contributed by atoms with Gasteiger partial charge in [-0.3, -0.25) is 9.69 Å². The third-order valence-electron chi connectivity index (χ3n) is 11.4. The van der Waals surface area contributed by atoms with Crippen molar-refractivity contribution in [1.82, 2.24) is 0 Å². The van der Waals surface area contributed by atoms with Crippen molar-refractivity contribution in [1.29, 1.82) is 0 Å². The SMILES string of the molecule is C[N+]1=C(C=CC2=CC(=CC=C3[NH+](C)c4ccccc4C3(C)C)C(=O)C(C=CC3=[N+](C)c4ccccc4C3(C)C)=C2)C(C)(C)c2ccccc21. The molecule has 1 N–H and O–H groups in total. The zero-order valence-electron chi connectivity index (χ0n) is 30.3. The fourth-order valence-electron chi connectivity index (χ4n) is 8.61. The molecule has 3 aromatic rings. The van der Waals surface area contributed by atoms with E-state index in [-0.39, 0.29) is 22.0 Å². The van der Waals surface area contributed by atoms with Crippen molar-refractivity contribution in [2.45, 2.75) is 57.8 Å².